The van der Waals surface area contributed by atoms with Crippen LogP contribution in [0.4, 0.5) is 0 Å². The van der Waals surface area contributed by atoms with Crippen LogP contribution in [0.2, 0.25) is 0 Å². The molecule has 1 aromatic carbocycles. The average Bonchev–Trinajstić information content (AvgIpc) is 2.58. The molecule has 2 N–H and O–H groups in total. The highest BCUT2D eigenvalue weighted by Gasteiger charge is 2.27. The number of esters is 1. The maximum absolute atomic E-state index is 11.5. The van der Waals surface area contributed by atoms with Crippen LogP contribution in [0.1, 0.15) is 31.7 Å². The summed E-state index contributed by atoms with van der Waals surface area (Å²) in [5.41, 5.74) is 6.78. The summed E-state index contributed by atoms with van der Waals surface area (Å²) in [5, 5.41) is 0. The predicted octanol–water partition coefficient (Wildman–Crippen LogP) is 2.34. The van der Waals surface area contributed by atoms with Crippen molar-refractivity contribution in [3.8, 4) is 17.2 Å². The lowest BCUT2D eigenvalue weighted by Crippen LogP contribution is -2.34. The van der Waals surface area contributed by atoms with Crippen molar-refractivity contribution in [1.82, 2.24) is 0 Å². The first-order valence-electron chi connectivity index (χ1n) is 7.53. The van der Waals surface area contributed by atoms with Crippen molar-refractivity contribution in [2.45, 2.75) is 32.2 Å². The highest BCUT2D eigenvalue weighted by molar-refractivity contribution is 5.75. The Bertz CT molecular complexity index is 532. The van der Waals surface area contributed by atoms with Gasteiger partial charge < -0.3 is 24.7 Å². The second kappa shape index (κ2) is 8.62. The Morgan fingerprint density at radius 1 is 1.04 bits per heavy atom. The monoisotopic (exact) mass is 325 g/mol. The zero-order chi connectivity index (χ0) is 17.6. The Balaban J connectivity index is 3.14. The van der Waals surface area contributed by atoms with E-state index in [4.69, 9.17) is 24.7 Å². The smallest absolute Gasteiger partial charge is 0.322 e. The number of nitrogens with two attached hydrogens (primary N) is 1. The van der Waals surface area contributed by atoms with Gasteiger partial charge in [0.25, 0.3) is 0 Å². The molecule has 0 saturated heterocycles. The standard InChI is InChI=1S/C17H27NO5/c1-10(9-12(18)17(19)23-6)11(2)15-13(20-3)7-8-14(21-4)16(15)22-5/h7-8,10-12H,9,18H2,1-6H3. The van der Waals surface area contributed by atoms with Crippen LogP contribution >= 0.6 is 0 Å². The minimum absolute atomic E-state index is 0.0470. The first-order chi connectivity index (χ1) is 10.9. The summed E-state index contributed by atoms with van der Waals surface area (Å²) in [6.07, 6.45) is 0.497. The van der Waals surface area contributed by atoms with Crippen LogP contribution in [0.15, 0.2) is 12.1 Å². The number of hydrogen-bond donors (Lipinski definition) is 1. The summed E-state index contributed by atoms with van der Waals surface area (Å²) in [6, 6.07) is 3.00. The molecule has 0 aliphatic heterocycles. The number of methoxy groups -OCH3 is 4. The molecule has 0 spiro atoms. The van der Waals surface area contributed by atoms with E-state index in [-0.39, 0.29) is 11.8 Å². The van der Waals surface area contributed by atoms with Gasteiger partial charge in [-0.1, -0.05) is 13.8 Å². The van der Waals surface area contributed by atoms with Gasteiger partial charge in [-0.25, -0.2) is 0 Å². The number of carbonyl (C=O) groups excluding carboxylic acids is 1. The molecule has 130 valence electrons. The van der Waals surface area contributed by atoms with Gasteiger partial charge in [-0.15, -0.1) is 0 Å². The lowest BCUT2D eigenvalue weighted by atomic mass is 9.83. The van der Waals surface area contributed by atoms with Crippen LogP contribution < -0.4 is 19.9 Å². The maximum atomic E-state index is 11.5. The molecule has 3 unspecified atom stereocenters. The molecule has 0 saturated carbocycles. The molecular formula is C17H27NO5. The van der Waals surface area contributed by atoms with E-state index in [2.05, 4.69) is 6.92 Å². The lowest BCUT2D eigenvalue weighted by Gasteiger charge is -2.26. The van der Waals surface area contributed by atoms with E-state index in [1.807, 2.05) is 13.0 Å². The van der Waals surface area contributed by atoms with Crippen LogP contribution in [-0.2, 0) is 9.53 Å². The van der Waals surface area contributed by atoms with E-state index in [9.17, 15) is 4.79 Å². The Hall–Kier alpha value is -1.95. The molecular weight excluding hydrogens is 298 g/mol. The second-order valence-corrected chi connectivity index (χ2v) is 5.55. The minimum atomic E-state index is -0.653. The minimum Gasteiger partial charge on any atom is -0.496 e. The highest BCUT2D eigenvalue weighted by atomic mass is 16.5. The van der Waals surface area contributed by atoms with E-state index < -0.39 is 12.0 Å². The number of rotatable bonds is 8. The normalized spacial score (nSPS) is 14.6. The summed E-state index contributed by atoms with van der Waals surface area (Å²) >= 11 is 0. The van der Waals surface area contributed by atoms with Gasteiger partial charge in [-0.05, 0) is 30.4 Å². The van der Waals surface area contributed by atoms with Gasteiger partial charge in [-0.2, -0.15) is 0 Å². The molecule has 0 aromatic heterocycles. The molecule has 6 heteroatoms. The lowest BCUT2D eigenvalue weighted by molar-refractivity contribution is -0.142. The molecule has 0 fully saturated rings. The van der Waals surface area contributed by atoms with E-state index >= 15 is 0 Å². The van der Waals surface area contributed by atoms with Crippen LogP contribution in [-0.4, -0.2) is 40.5 Å². The molecule has 0 aliphatic rings. The van der Waals surface area contributed by atoms with Crippen LogP contribution in [0, 0.1) is 5.92 Å². The van der Waals surface area contributed by atoms with Gasteiger partial charge in [0.15, 0.2) is 11.5 Å². The van der Waals surface area contributed by atoms with Gasteiger partial charge in [0.05, 0.1) is 28.4 Å². The molecule has 0 radical (unpaired) electrons. The number of hydrogen-bond acceptors (Lipinski definition) is 6. The highest BCUT2D eigenvalue weighted by Crippen LogP contribution is 2.44. The Labute approximate surface area is 137 Å². The molecule has 3 atom stereocenters. The van der Waals surface area contributed by atoms with Crippen molar-refractivity contribution in [3.63, 3.8) is 0 Å². The predicted molar refractivity (Wildman–Crippen MR) is 88.3 cm³/mol. The summed E-state index contributed by atoms with van der Waals surface area (Å²) in [7, 11) is 6.14. The largest absolute Gasteiger partial charge is 0.496 e. The van der Waals surface area contributed by atoms with Crippen LogP contribution in [0.3, 0.4) is 0 Å². The topological polar surface area (TPSA) is 80.0 Å². The molecule has 0 aliphatic carbocycles. The van der Waals surface area contributed by atoms with Crippen molar-refractivity contribution < 1.29 is 23.7 Å². The fourth-order valence-electron chi connectivity index (χ4n) is 2.68. The third kappa shape index (κ3) is 4.28. The third-order valence-corrected chi connectivity index (χ3v) is 4.20. The Morgan fingerprint density at radius 2 is 1.61 bits per heavy atom. The Kier molecular flexibility index (Phi) is 7.16. The fraction of sp³-hybridized carbons (Fsp3) is 0.588. The second-order valence-electron chi connectivity index (χ2n) is 5.55. The zero-order valence-electron chi connectivity index (χ0n) is 14.7. The molecule has 1 rings (SSSR count). The molecule has 0 heterocycles. The summed E-state index contributed by atoms with van der Waals surface area (Å²) < 4.78 is 21.1. The van der Waals surface area contributed by atoms with Crippen molar-refractivity contribution in [2.24, 2.45) is 11.7 Å². The summed E-state index contributed by atoms with van der Waals surface area (Å²) in [4.78, 5) is 11.5. The van der Waals surface area contributed by atoms with Crippen molar-refractivity contribution in [1.29, 1.82) is 0 Å². The van der Waals surface area contributed by atoms with Gasteiger partial charge in [0.2, 0.25) is 0 Å². The van der Waals surface area contributed by atoms with E-state index in [0.29, 0.717) is 23.7 Å². The third-order valence-electron chi connectivity index (χ3n) is 4.20. The first-order valence-corrected chi connectivity index (χ1v) is 7.53. The van der Waals surface area contributed by atoms with Gasteiger partial charge in [0.1, 0.15) is 11.8 Å². The van der Waals surface area contributed by atoms with E-state index in [1.54, 1.807) is 27.4 Å². The maximum Gasteiger partial charge on any atom is 0.322 e. The zero-order valence-corrected chi connectivity index (χ0v) is 14.7. The van der Waals surface area contributed by atoms with Crippen LogP contribution in [0.5, 0.6) is 17.2 Å². The van der Waals surface area contributed by atoms with Crippen LogP contribution in [0.25, 0.3) is 0 Å². The Morgan fingerprint density at radius 3 is 2.09 bits per heavy atom. The molecule has 6 nitrogen and oxygen atoms in total. The molecule has 1 aromatic rings. The summed E-state index contributed by atoms with van der Waals surface area (Å²) in [5.74, 6) is 1.74. The molecule has 23 heavy (non-hydrogen) atoms. The average molecular weight is 325 g/mol. The SMILES string of the molecule is COC(=O)C(N)CC(C)C(C)c1c(OC)ccc(OC)c1OC. The first kappa shape index (κ1) is 19.1. The number of benzene rings is 1. The number of carbonyl (C=O) groups is 1. The quantitative estimate of drug-likeness (QED) is 0.739. The molecule has 0 bridgehead atoms. The van der Waals surface area contributed by atoms with Crippen molar-refractivity contribution in [3.05, 3.63) is 17.7 Å². The molecule has 0 amide bonds. The fourth-order valence-corrected chi connectivity index (χ4v) is 2.68. The number of ether oxygens (including phenoxy) is 4. The van der Waals surface area contributed by atoms with Crippen molar-refractivity contribution >= 4 is 5.97 Å². The van der Waals surface area contributed by atoms with E-state index in [0.717, 1.165) is 5.56 Å². The van der Waals surface area contributed by atoms with Gasteiger partial charge >= 0.3 is 5.97 Å². The van der Waals surface area contributed by atoms with E-state index in [1.165, 1.54) is 7.11 Å². The van der Waals surface area contributed by atoms with Crippen molar-refractivity contribution in [2.75, 3.05) is 28.4 Å². The van der Waals surface area contributed by atoms with Gasteiger partial charge in [0, 0.05) is 5.56 Å². The van der Waals surface area contributed by atoms with Gasteiger partial charge in [-0.3, -0.25) is 4.79 Å². The summed E-state index contributed by atoms with van der Waals surface area (Å²) in [6.45, 7) is 4.08.